The number of nitrogens with one attached hydrogen (secondary N) is 1. The van der Waals surface area contributed by atoms with Gasteiger partial charge < -0.3 is 0 Å². The van der Waals surface area contributed by atoms with Gasteiger partial charge in [0.25, 0.3) is 0 Å². The molecule has 0 aromatic heterocycles. The first-order valence-corrected chi connectivity index (χ1v) is 16.5. The summed E-state index contributed by atoms with van der Waals surface area (Å²) in [6, 6.07) is 21.9. The molecule has 1 N–H and O–H groups in total. The third-order valence-electron chi connectivity index (χ3n) is 6.28. The van der Waals surface area contributed by atoms with Crippen molar-refractivity contribution in [2.75, 3.05) is 0 Å². The average Bonchev–Trinajstić information content (AvgIpc) is 2.76. The van der Waals surface area contributed by atoms with Crippen molar-refractivity contribution < 1.29 is 8.42 Å². The zero-order valence-electron chi connectivity index (χ0n) is 23.5. The maximum atomic E-state index is 13.8. The molecule has 3 rings (SSSR count). The monoisotopic (exact) mass is 572 g/mol. The molecule has 0 fully saturated rings. The molecule has 194 valence electrons. The van der Waals surface area contributed by atoms with Gasteiger partial charge in [-0.25, -0.2) is 0 Å². The van der Waals surface area contributed by atoms with Gasteiger partial charge in [0.15, 0.2) is 0 Å². The predicted molar refractivity (Wildman–Crippen MR) is 156 cm³/mol. The number of benzene rings is 3. The molecule has 3 aromatic rings. The number of rotatable bonds is 5. The number of aryl methyl sites for hydroxylation is 1. The van der Waals surface area contributed by atoms with Crippen LogP contribution in [0.3, 0.4) is 0 Å². The van der Waals surface area contributed by atoms with Crippen molar-refractivity contribution in [3.63, 3.8) is 0 Å². The maximum absolute atomic E-state index is 13.8. The summed E-state index contributed by atoms with van der Waals surface area (Å²) in [6.07, 6.45) is 0. The SMILES string of the molecule is Cc1ccc(S(=O)(=O)N[Se+](c2ccccc2)c2c(C(C)(C)C)cc(C(C)(C)C)cc2C(C)(C)C)cc1. The molecule has 0 aliphatic carbocycles. The van der Waals surface area contributed by atoms with E-state index in [1.165, 1.54) is 21.2 Å². The van der Waals surface area contributed by atoms with Crippen LogP contribution in [0.4, 0.5) is 0 Å². The van der Waals surface area contributed by atoms with E-state index in [4.69, 9.17) is 0 Å². The summed E-state index contributed by atoms with van der Waals surface area (Å²) >= 11 is -2.26. The van der Waals surface area contributed by atoms with Gasteiger partial charge >= 0.3 is 225 Å². The molecule has 1 unspecified atom stereocenters. The van der Waals surface area contributed by atoms with Crippen molar-refractivity contribution in [1.29, 1.82) is 0 Å². The van der Waals surface area contributed by atoms with Crippen molar-refractivity contribution >= 4 is 33.1 Å². The van der Waals surface area contributed by atoms with E-state index in [0.29, 0.717) is 4.90 Å². The fourth-order valence-electron chi connectivity index (χ4n) is 4.04. The first-order chi connectivity index (χ1) is 16.4. The van der Waals surface area contributed by atoms with Crippen LogP contribution in [0.25, 0.3) is 0 Å². The summed E-state index contributed by atoms with van der Waals surface area (Å²) in [6.45, 7) is 22.1. The molecule has 0 aliphatic rings. The van der Waals surface area contributed by atoms with E-state index in [9.17, 15) is 8.42 Å². The van der Waals surface area contributed by atoms with E-state index in [2.05, 4.69) is 90.3 Å². The predicted octanol–water partition coefficient (Wildman–Crippen LogP) is 5.97. The van der Waals surface area contributed by atoms with Crippen LogP contribution >= 0.6 is 0 Å². The number of sulfonamides is 1. The molecular formula is C31H42NO2SSe+. The van der Waals surface area contributed by atoms with Gasteiger partial charge in [0, 0.05) is 0 Å². The third-order valence-corrected chi connectivity index (χ3v) is 13.3. The second-order valence-electron chi connectivity index (χ2n) is 12.7. The fourth-order valence-corrected chi connectivity index (χ4v) is 12.0. The van der Waals surface area contributed by atoms with E-state index in [1.807, 2.05) is 37.3 Å². The zero-order valence-corrected chi connectivity index (χ0v) is 26.0. The first kappa shape index (κ1) is 28.7. The summed E-state index contributed by atoms with van der Waals surface area (Å²) in [4.78, 5) is 0.304. The van der Waals surface area contributed by atoms with Crippen molar-refractivity contribution in [2.24, 2.45) is 0 Å². The molecule has 0 bridgehead atoms. The molecule has 3 nitrogen and oxygen atoms in total. The summed E-state index contributed by atoms with van der Waals surface area (Å²) in [5.74, 6) is 0. The second kappa shape index (κ2) is 10.1. The Hall–Kier alpha value is -1.91. The van der Waals surface area contributed by atoms with Crippen LogP contribution in [0.5, 0.6) is 0 Å². The van der Waals surface area contributed by atoms with Gasteiger partial charge in [-0.15, -0.1) is 0 Å². The van der Waals surface area contributed by atoms with Crippen LogP contribution in [0.2, 0.25) is 0 Å². The number of hydrogen-bond acceptors (Lipinski definition) is 2. The second-order valence-corrected chi connectivity index (χ2v) is 18.5. The Labute approximate surface area is 223 Å². The first-order valence-electron chi connectivity index (χ1n) is 12.5. The Kier molecular flexibility index (Phi) is 8.04. The molecule has 0 amide bonds. The molecule has 3 aromatic carbocycles. The van der Waals surface area contributed by atoms with E-state index < -0.39 is 24.1 Å². The van der Waals surface area contributed by atoms with Gasteiger partial charge in [-0.2, -0.15) is 0 Å². The van der Waals surface area contributed by atoms with Crippen LogP contribution in [0.15, 0.2) is 71.6 Å². The third kappa shape index (κ3) is 6.50. The van der Waals surface area contributed by atoms with Crippen LogP contribution < -0.4 is 12.7 Å². The molecule has 0 saturated carbocycles. The molecule has 5 heteroatoms. The minimum absolute atomic E-state index is 0.0256. The van der Waals surface area contributed by atoms with E-state index in [-0.39, 0.29) is 16.2 Å². The molecule has 0 aliphatic heterocycles. The quantitative estimate of drug-likeness (QED) is 0.384. The van der Waals surface area contributed by atoms with Crippen molar-refractivity contribution in [1.82, 2.24) is 3.74 Å². The van der Waals surface area contributed by atoms with E-state index >= 15 is 0 Å². The summed E-state index contributed by atoms with van der Waals surface area (Å²) in [5, 5.41) is 0. The van der Waals surface area contributed by atoms with Crippen LogP contribution in [-0.2, 0) is 26.3 Å². The summed E-state index contributed by atoms with van der Waals surface area (Å²) < 4.78 is 33.0. The molecular weight excluding hydrogens is 529 g/mol. The molecule has 0 spiro atoms. The van der Waals surface area contributed by atoms with Gasteiger partial charge in [0.05, 0.1) is 0 Å². The molecule has 36 heavy (non-hydrogen) atoms. The van der Waals surface area contributed by atoms with Crippen molar-refractivity contribution in [3.05, 3.63) is 89.0 Å². The van der Waals surface area contributed by atoms with Crippen LogP contribution in [0.1, 0.15) is 84.6 Å². The van der Waals surface area contributed by atoms with Crippen molar-refractivity contribution in [3.8, 4) is 0 Å². The Morgan fingerprint density at radius 2 is 1.14 bits per heavy atom. The Morgan fingerprint density at radius 1 is 0.667 bits per heavy atom. The van der Waals surface area contributed by atoms with E-state index in [0.717, 1.165) is 10.0 Å². The topological polar surface area (TPSA) is 46.2 Å². The average molecular weight is 572 g/mol. The fraction of sp³-hybridized carbons (Fsp3) is 0.419. The minimum atomic E-state index is -3.73. The van der Waals surface area contributed by atoms with Gasteiger partial charge in [-0.3, -0.25) is 0 Å². The molecule has 0 saturated heterocycles. The van der Waals surface area contributed by atoms with Crippen LogP contribution in [0, 0.1) is 6.92 Å². The Bertz CT molecular complexity index is 1270. The molecule has 0 radical (unpaired) electrons. The van der Waals surface area contributed by atoms with Crippen LogP contribution in [-0.4, -0.2) is 22.5 Å². The number of hydrogen-bond donors (Lipinski definition) is 1. The summed E-state index contributed by atoms with van der Waals surface area (Å²) in [7, 11) is -3.73. The van der Waals surface area contributed by atoms with Gasteiger partial charge in [-0.05, 0) is 0 Å². The van der Waals surface area contributed by atoms with E-state index in [1.54, 1.807) is 12.1 Å². The summed E-state index contributed by atoms with van der Waals surface area (Å²) in [5.41, 5.74) is 4.40. The normalized spacial score (nSPS) is 14.1. The van der Waals surface area contributed by atoms with Gasteiger partial charge in [0.2, 0.25) is 0 Å². The van der Waals surface area contributed by atoms with Gasteiger partial charge in [-0.1, -0.05) is 0 Å². The Morgan fingerprint density at radius 3 is 1.56 bits per heavy atom. The van der Waals surface area contributed by atoms with Gasteiger partial charge in [0.1, 0.15) is 0 Å². The zero-order chi connectivity index (χ0) is 27.1. The molecule has 0 heterocycles. The molecule has 1 atom stereocenters. The standard InChI is InChI=1S/C31H42NO2SSe/c1-22-16-18-24(19-17-22)35(33,34)32-36(25-14-12-11-13-15-25)28-26(30(5,6)7)20-23(29(2,3)4)21-27(28)31(8,9)10/h11-21,32H,1-10H3/q+1. The Balaban J connectivity index is 2.39. The van der Waals surface area contributed by atoms with Crippen molar-refractivity contribution in [2.45, 2.75) is 90.4 Å².